The smallest absolute Gasteiger partial charge is 0.0451 e. The van der Waals surface area contributed by atoms with E-state index < -0.39 is 0 Å². The number of nitrogens with zero attached hydrogens (tertiary/aromatic N) is 1. The standard InChI is InChI=1S/C12H17ClN2/c13-12-6-2-1-4-10(12)8-15-7-3-5-11(14)9-15/h1-2,4,6,11H,3,5,7-9,14H2/t11-/m0/s1. The maximum atomic E-state index is 6.12. The van der Waals surface area contributed by atoms with E-state index in [2.05, 4.69) is 11.0 Å². The summed E-state index contributed by atoms with van der Waals surface area (Å²) in [6.07, 6.45) is 2.35. The predicted molar refractivity (Wildman–Crippen MR) is 63.9 cm³/mol. The molecule has 0 unspecified atom stereocenters. The third-order valence-corrected chi connectivity index (χ3v) is 3.26. The SMILES string of the molecule is N[C@H]1CCCN(Cc2ccccc2Cl)C1. The van der Waals surface area contributed by atoms with Gasteiger partial charge in [0.15, 0.2) is 0 Å². The lowest BCUT2D eigenvalue weighted by molar-refractivity contribution is 0.201. The van der Waals surface area contributed by atoms with Crippen LogP contribution in [0.1, 0.15) is 18.4 Å². The molecule has 1 aromatic rings. The Morgan fingerprint density at radius 3 is 2.93 bits per heavy atom. The molecule has 0 radical (unpaired) electrons. The van der Waals surface area contributed by atoms with E-state index in [-0.39, 0.29) is 0 Å². The Kier molecular flexibility index (Phi) is 3.62. The maximum Gasteiger partial charge on any atom is 0.0451 e. The zero-order chi connectivity index (χ0) is 10.7. The summed E-state index contributed by atoms with van der Waals surface area (Å²) in [4.78, 5) is 2.38. The fraction of sp³-hybridized carbons (Fsp3) is 0.500. The summed E-state index contributed by atoms with van der Waals surface area (Å²) in [5.74, 6) is 0. The molecule has 1 atom stereocenters. The molecule has 1 aliphatic rings. The minimum Gasteiger partial charge on any atom is -0.327 e. The van der Waals surface area contributed by atoms with Crippen LogP contribution in [0.25, 0.3) is 0 Å². The van der Waals surface area contributed by atoms with Crippen LogP contribution in [-0.2, 0) is 6.54 Å². The molecule has 82 valence electrons. The highest BCUT2D eigenvalue weighted by atomic mass is 35.5. The summed E-state index contributed by atoms with van der Waals surface area (Å²) < 4.78 is 0. The van der Waals surface area contributed by atoms with Crippen LogP contribution in [-0.4, -0.2) is 24.0 Å². The van der Waals surface area contributed by atoms with Gasteiger partial charge in [-0.15, -0.1) is 0 Å². The molecule has 2 N–H and O–H groups in total. The van der Waals surface area contributed by atoms with Crippen molar-refractivity contribution >= 4 is 11.6 Å². The first-order chi connectivity index (χ1) is 7.25. The Hall–Kier alpha value is -0.570. The lowest BCUT2D eigenvalue weighted by atomic mass is 10.1. The molecular formula is C12H17ClN2. The zero-order valence-electron chi connectivity index (χ0n) is 8.82. The first kappa shape index (κ1) is 10.9. The Labute approximate surface area is 96.0 Å². The fourth-order valence-electron chi connectivity index (χ4n) is 2.10. The topological polar surface area (TPSA) is 29.3 Å². The van der Waals surface area contributed by atoms with E-state index in [9.17, 15) is 0 Å². The highest BCUT2D eigenvalue weighted by Crippen LogP contribution is 2.19. The average molecular weight is 225 g/mol. The Balaban J connectivity index is 1.99. The molecular weight excluding hydrogens is 208 g/mol. The van der Waals surface area contributed by atoms with E-state index >= 15 is 0 Å². The number of hydrogen-bond acceptors (Lipinski definition) is 2. The molecule has 1 fully saturated rings. The first-order valence-corrected chi connectivity index (χ1v) is 5.85. The predicted octanol–water partition coefficient (Wildman–Crippen LogP) is 2.26. The molecule has 1 saturated heterocycles. The molecule has 0 amide bonds. The number of hydrogen-bond donors (Lipinski definition) is 1. The van der Waals surface area contributed by atoms with Crippen molar-refractivity contribution in [2.75, 3.05) is 13.1 Å². The van der Waals surface area contributed by atoms with Gasteiger partial charge in [0.25, 0.3) is 0 Å². The number of halogens is 1. The summed E-state index contributed by atoms with van der Waals surface area (Å²) in [5, 5.41) is 0.858. The van der Waals surface area contributed by atoms with Crippen molar-refractivity contribution < 1.29 is 0 Å². The molecule has 0 saturated carbocycles. The minimum atomic E-state index is 0.334. The van der Waals surface area contributed by atoms with E-state index in [1.807, 2.05) is 18.2 Å². The largest absolute Gasteiger partial charge is 0.327 e. The molecule has 0 aliphatic carbocycles. The van der Waals surface area contributed by atoms with Crippen molar-refractivity contribution in [1.29, 1.82) is 0 Å². The van der Waals surface area contributed by atoms with Crippen molar-refractivity contribution in [3.8, 4) is 0 Å². The average Bonchev–Trinajstić information content (AvgIpc) is 2.22. The van der Waals surface area contributed by atoms with Crippen molar-refractivity contribution in [3.05, 3.63) is 34.9 Å². The quantitative estimate of drug-likeness (QED) is 0.835. The molecule has 2 rings (SSSR count). The van der Waals surface area contributed by atoms with Gasteiger partial charge in [0.2, 0.25) is 0 Å². The van der Waals surface area contributed by atoms with Crippen molar-refractivity contribution in [2.24, 2.45) is 5.73 Å². The Morgan fingerprint density at radius 2 is 2.20 bits per heavy atom. The summed E-state index contributed by atoms with van der Waals surface area (Å²) >= 11 is 6.12. The number of benzene rings is 1. The van der Waals surface area contributed by atoms with Gasteiger partial charge in [-0.25, -0.2) is 0 Å². The summed E-state index contributed by atoms with van der Waals surface area (Å²) in [5.41, 5.74) is 7.14. The van der Waals surface area contributed by atoms with E-state index in [1.165, 1.54) is 12.0 Å². The van der Waals surface area contributed by atoms with Gasteiger partial charge in [-0.05, 0) is 31.0 Å². The van der Waals surface area contributed by atoms with Crippen LogP contribution in [0.3, 0.4) is 0 Å². The normalized spacial score (nSPS) is 22.9. The lowest BCUT2D eigenvalue weighted by Crippen LogP contribution is -2.42. The molecule has 1 heterocycles. The van der Waals surface area contributed by atoms with Crippen LogP contribution >= 0.6 is 11.6 Å². The Morgan fingerprint density at radius 1 is 1.40 bits per heavy atom. The number of rotatable bonds is 2. The monoisotopic (exact) mass is 224 g/mol. The lowest BCUT2D eigenvalue weighted by Gasteiger charge is -2.30. The van der Waals surface area contributed by atoms with Gasteiger partial charge in [0.1, 0.15) is 0 Å². The molecule has 0 bridgehead atoms. The fourth-order valence-corrected chi connectivity index (χ4v) is 2.30. The van der Waals surface area contributed by atoms with Gasteiger partial charge in [-0.1, -0.05) is 29.8 Å². The number of likely N-dealkylation sites (tertiary alicyclic amines) is 1. The van der Waals surface area contributed by atoms with Crippen LogP contribution < -0.4 is 5.73 Å². The molecule has 1 aliphatic heterocycles. The third-order valence-electron chi connectivity index (χ3n) is 2.89. The van der Waals surface area contributed by atoms with Crippen molar-refractivity contribution in [1.82, 2.24) is 4.90 Å². The maximum absolute atomic E-state index is 6.12. The van der Waals surface area contributed by atoms with Gasteiger partial charge in [0.05, 0.1) is 0 Å². The number of nitrogens with two attached hydrogens (primary N) is 1. The highest BCUT2D eigenvalue weighted by molar-refractivity contribution is 6.31. The van der Waals surface area contributed by atoms with E-state index in [0.717, 1.165) is 31.1 Å². The molecule has 0 spiro atoms. The second-order valence-electron chi connectivity index (χ2n) is 4.23. The zero-order valence-corrected chi connectivity index (χ0v) is 9.58. The van der Waals surface area contributed by atoms with Gasteiger partial charge < -0.3 is 5.73 Å². The third kappa shape index (κ3) is 2.94. The molecule has 15 heavy (non-hydrogen) atoms. The molecule has 3 heteroatoms. The Bertz CT molecular complexity index is 327. The molecule has 1 aromatic carbocycles. The second kappa shape index (κ2) is 4.97. The first-order valence-electron chi connectivity index (χ1n) is 5.47. The summed E-state index contributed by atoms with van der Waals surface area (Å²) in [7, 11) is 0. The van der Waals surface area contributed by atoms with Crippen molar-refractivity contribution in [2.45, 2.75) is 25.4 Å². The van der Waals surface area contributed by atoms with E-state index in [4.69, 9.17) is 17.3 Å². The van der Waals surface area contributed by atoms with Crippen LogP contribution in [0.4, 0.5) is 0 Å². The second-order valence-corrected chi connectivity index (χ2v) is 4.64. The number of piperidine rings is 1. The van der Waals surface area contributed by atoms with Crippen molar-refractivity contribution in [3.63, 3.8) is 0 Å². The molecule has 2 nitrogen and oxygen atoms in total. The van der Waals surface area contributed by atoms with Crippen LogP contribution in [0, 0.1) is 0 Å². The molecule has 0 aromatic heterocycles. The summed E-state index contributed by atoms with van der Waals surface area (Å²) in [6, 6.07) is 8.36. The van der Waals surface area contributed by atoms with Crippen LogP contribution in [0.5, 0.6) is 0 Å². The van der Waals surface area contributed by atoms with Gasteiger partial charge in [-0.2, -0.15) is 0 Å². The van der Waals surface area contributed by atoms with Gasteiger partial charge in [0, 0.05) is 24.2 Å². The van der Waals surface area contributed by atoms with Crippen LogP contribution in [0.15, 0.2) is 24.3 Å². The van der Waals surface area contributed by atoms with E-state index in [0.29, 0.717) is 6.04 Å². The highest BCUT2D eigenvalue weighted by Gasteiger charge is 2.17. The minimum absolute atomic E-state index is 0.334. The summed E-state index contributed by atoms with van der Waals surface area (Å²) in [6.45, 7) is 3.05. The van der Waals surface area contributed by atoms with E-state index in [1.54, 1.807) is 0 Å². The van der Waals surface area contributed by atoms with Gasteiger partial charge >= 0.3 is 0 Å². The van der Waals surface area contributed by atoms with Gasteiger partial charge in [-0.3, -0.25) is 4.90 Å². The van der Waals surface area contributed by atoms with Crippen LogP contribution in [0.2, 0.25) is 5.02 Å².